The highest BCUT2D eigenvalue weighted by atomic mass is 16.6. The van der Waals surface area contributed by atoms with Crippen molar-refractivity contribution < 1.29 is 33.5 Å². The van der Waals surface area contributed by atoms with Crippen LogP contribution in [0.5, 0.6) is 5.75 Å². The van der Waals surface area contributed by atoms with Crippen LogP contribution in [0.15, 0.2) is 18.2 Å². The van der Waals surface area contributed by atoms with Gasteiger partial charge in [-0.15, -0.1) is 0 Å². The fraction of sp³-hybridized carbons (Fsp3) is 0.350. The summed E-state index contributed by atoms with van der Waals surface area (Å²) in [7, 11) is 0. The highest BCUT2D eigenvalue weighted by molar-refractivity contribution is 6.09. The van der Waals surface area contributed by atoms with Crippen molar-refractivity contribution >= 4 is 23.4 Å². The van der Waals surface area contributed by atoms with Gasteiger partial charge in [0.15, 0.2) is 12.4 Å². The van der Waals surface area contributed by atoms with Crippen LogP contribution in [0, 0.1) is 24.0 Å². The molecule has 1 aromatic carbocycles. The van der Waals surface area contributed by atoms with Crippen molar-refractivity contribution in [1.29, 1.82) is 0 Å². The van der Waals surface area contributed by atoms with E-state index in [1.54, 1.807) is 27.7 Å². The van der Waals surface area contributed by atoms with Crippen molar-refractivity contribution in [2.75, 3.05) is 19.8 Å². The van der Waals surface area contributed by atoms with Crippen LogP contribution in [-0.2, 0) is 9.47 Å². The Morgan fingerprint density at radius 1 is 1.00 bits per heavy atom. The summed E-state index contributed by atoms with van der Waals surface area (Å²) in [5.74, 6) is -2.16. The third kappa shape index (κ3) is 4.83. The van der Waals surface area contributed by atoms with E-state index in [1.165, 1.54) is 12.1 Å². The number of nitro groups is 1. The van der Waals surface area contributed by atoms with E-state index in [0.29, 0.717) is 11.4 Å². The van der Waals surface area contributed by atoms with Crippen LogP contribution in [-0.4, -0.2) is 47.4 Å². The minimum atomic E-state index is -0.919. The van der Waals surface area contributed by atoms with Crippen molar-refractivity contribution in [2.45, 2.75) is 27.7 Å². The summed E-state index contributed by atoms with van der Waals surface area (Å²) in [5.41, 5.74) is 0.574. The molecule has 1 heterocycles. The van der Waals surface area contributed by atoms with E-state index in [0.717, 1.165) is 6.07 Å². The van der Waals surface area contributed by atoms with Crippen molar-refractivity contribution in [3.63, 3.8) is 0 Å². The van der Waals surface area contributed by atoms with Gasteiger partial charge in [0.2, 0.25) is 5.78 Å². The molecule has 0 amide bonds. The average molecular weight is 418 g/mol. The van der Waals surface area contributed by atoms with Crippen LogP contribution >= 0.6 is 0 Å². The van der Waals surface area contributed by atoms with E-state index in [4.69, 9.17) is 14.2 Å². The number of hydrogen-bond donors (Lipinski definition) is 1. The minimum Gasteiger partial charge on any atom is -0.487 e. The molecule has 10 nitrogen and oxygen atoms in total. The topological polar surface area (TPSA) is 138 Å². The molecular weight excluding hydrogens is 396 g/mol. The number of carbonyl (C=O) groups excluding carboxylic acids is 3. The van der Waals surface area contributed by atoms with E-state index in [-0.39, 0.29) is 41.3 Å². The van der Waals surface area contributed by atoms with Crippen molar-refractivity contribution in [3.05, 3.63) is 56.4 Å². The lowest BCUT2D eigenvalue weighted by atomic mass is 10.1. The zero-order chi connectivity index (χ0) is 22.4. The maximum atomic E-state index is 12.6. The maximum absolute atomic E-state index is 12.6. The standard InChI is InChI=1S/C20H22N2O8/c1-5-28-16-8-7-13(9-14(16)22(26)27)19(24)30-10-15(23)17-11(3)21-12(4)18(17)20(25)29-6-2/h7-9,21H,5-6,10H2,1-4H3. The Morgan fingerprint density at radius 2 is 1.67 bits per heavy atom. The van der Waals surface area contributed by atoms with Crippen LogP contribution in [0.4, 0.5) is 5.69 Å². The number of H-pyrrole nitrogens is 1. The molecule has 0 atom stereocenters. The molecular formula is C20H22N2O8. The number of Topliss-reactive ketones (excluding diaryl/α,β-unsaturated/α-hetero) is 1. The highest BCUT2D eigenvalue weighted by Gasteiger charge is 2.26. The van der Waals surface area contributed by atoms with Crippen molar-refractivity contribution in [1.82, 2.24) is 4.98 Å². The van der Waals surface area contributed by atoms with Gasteiger partial charge in [-0.05, 0) is 39.8 Å². The van der Waals surface area contributed by atoms with E-state index >= 15 is 0 Å². The molecule has 0 spiro atoms. The highest BCUT2D eigenvalue weighted by Crippen LogP contribution is 2.28. The third-order valence-electron chi connectivity index (χ3n) is 4.16. The second kappa shape index (κ2) is 9.68. The number of esters is 2. The molecule has 0 saturated heterocycles. The van der Waals surface area contributed by atoms with Crippen LogP contribution in [0.25, 0.3) is 0 Å². The Hall–Kier alpha value is -3.69. The van der Waals surface area contributed by atoms with Crippen molar-refractivity contribution in [3.8, 4) is 5.75 Å². The third-order valence-corrected chi connectivity index (χ3v) is 4.16. The first-order valence-corrected chi connectivity index (χ1v) is 9.19. The van der Waals surface area contributed by atoms with E-state index in [1.807, 2.05) is 0 Å². The van der Waals surface area contributed by atoms with Gasteiger partial charge in [0, 0.05) is 17.5 Å². The summed E-state index contributed by atoms with van der Waals surface area (Å²) in [6, 6.07) is 3.62. The molecule has 0 aliphatic carbocycles. The molecule has 0 aliphatic heterocycles. The second-order valence-corrected chi connectivity index (χ2v) is 6.22. The summed E-state index contributed by atoms with van der Waals surface area (Å²) in [5, 5.41) is 11.2. The number of nitrogens with one attached hydrogen (secondary N) is 1. The fourth-order valence-electron chi connectivity index (χ4n) is 2.94. The van der Waals surface area contributed by atoms with E-state index in [9.17, 15) is 24.5 Å². The number of rotatable bonds is 9. The van der Waals surface area contributed by atoms with Crippen LogP contribution in [0.3, 0.4) is 0 Å². The van der Waals surface area contributed by atoms with Crippen LogP contribution in [0.2, 0.25) is 0 Å². The Labute approximate surface area is 172 Å². The molecule has 2 aromatic rings. The molecule has 0 radical (unpaired) electrons. The molecule has 0 saturated carbocycles. The molecule has 30 heavy (non-hydrogen) atoms. The molecule has 1 N–H and O–H groups in total. The Balaban J connectivity index is 2.19. The summed E-state index contributed by atoms with van der Waals surface area (Å²) in [4.78, 5) is 50.5. The van der Waals surface area contributed by atoms with Gasteiger partial charge in [-0.1, -0.05) is 0 Å². The number of aromatic amines is 1. The number of carbonyl (C=O) groups is 3. The summed E-state index contributed by atoms with van der Waals surface area (Å²) in [6.07, 6.45) is 0. The molecule has 0 aliphatic rings. The maximum Gasteiger partial charge on any atom is 0.340 e. The molecule has 10 heteroatoms. The number of nitro benzene ring substituents is 1. The molecule has 0 unspecified atom stereocenters. The SMILES string of the molecule is CCOC(=O)c1c(C)[nH]c(C)c1C(=O)COC(=O)c1ccc(OCC)c([N+](=O)[O-])c1. The van der Waals surface area contributed by atoms with Gasteiger partial charge < -0.3 is 19.2 Å². The first-order chi connectivity index (χ1) is 14.2. The first kappa shape index (κ1) is 22.6. The van der Waals surface area contributed by atoms with Gasteiger partial charge in [-0.2, -0.15) is 0 Å². The summed E-state index contributed by atoms with van der Waals surface area (Å²) in [6.45, 7) is 6.27. The Morgan fingerprint density at radius 3 is 2.27 bits per heavy atom. The van der Waals surface area contributed by atoms with Gasteiger partial charge in [0.25, 0.3) is 0 Å². The van der Waals surface area contributed by atoms with Gasteiger partial charge in [-0.3, -0.25) is 14.9 Å². The molecule has 1 aromatic heterocycles. The smallest absolute Gasteiger partial charge is 0.340 e. The quantitative estimate of drug-likeness (QED) is 0.284. The number of ether oxygens (including phenoxy) is 3. The van der Waals surface area contributed by atoms with E-state index < -0.39 is 29.3 Å². The zero-order valence-corrected chi connectivity index (χ0v) is 17.1. The van der Waals surface area contributed by atoms with Crippen LogP contribution in [0.1, 0.15) is 56.3 Å². The van der Waals surface area contributed by atoms with Crippen LogP contribution < -0.4 is 4.74 Å². The summed E-state index contributed by atoms with van der Waals surface area (Å²) < 4.78 is 15.2. The zero-order valence-electron chi connectivity index (χ0n) is 17.1. The molecule has 160 valence electrons. The lowest BCUT2D eigenvalue weighted by Crippen LogP contribution is -2.18. The predicted molar refractivity (Wildman–Crippen MR) is 105 cm³/mol. The normalized spacial score (nSPS) is 10.4. The number of aromatic nitrogens is 1. The average Bonchev–Trinajstić information content (AvgIpc) is 3.00. The fourth-order valence-corrected chi connectivity index (χ4v) is 2.94. The molecule has 0 bridgehead atoms. The molecule has 0 fully saturated rings. The number of hydrogen-bond acceptors (Lipinski definition) is 8. The number of nitrogens with zero attached hydrogens (tertiary/aromatic N) is 1. The van der Waals surface area contributed by atoms with Gasteiger partial charge in [-0.25, -0.2) is 9.59 Å². The lowest BCUT2D eigenvalue weighted by Gasteiger charge is -2.08. The van der Waals surface area contributed by atoms with Gasteiger partial charge in [0.1, 0.15) is 0 Å². The first-order valence-electron chi connectivity index (χ1n) is 9.19. The number of benzene rings is 1. The Kier molecular flexibility index (Phi) is 7.29. The number of aryl methyl sites for hydroxylation is 2. The largest absolute Gasteiger partial charge is 0.487 e. The monoisotopic (exact) mass is 418 g/mol. The molecule has 2 rings (SSSR count). The second-order valence-electron chi connectivity index (χ2n) is 6.22. The van der Waals surface area contributed by atoms with Crippen molar-refractivity contribution in [2.24, 2.45) is 0 Å². The minimum absolute atomic E-state index is 0.0210. The number of ketones is 1. The summed E-state index contributed by atoms with van der Waals surface area (Å²) >= 11 is 0. The van der Waals surface area contributed by atoms with Gasteiger partial charge >= 0.3 is 17.6 Å². The predicted octanol–water partition coefficient (Wildman–Crippen LogP) is 3.15. The lowest BCUT2D eigenvalue weighted by molar-refractivity contribution is -0.385. The Bertz CT molecular complexity index is 993. The van der Waals surface area contributed by atoms with Gasteiger partial charge in [0.05, 0.1) is 34.8 Å². The van der Waals surface area contributed by atoms with E-state index in [2.05, 4.69) is 4.98 Å².